The van der Waals surface area contributed by atoms with Crippen LogP contribution >= 0.6 is 0 Å². The highest BCUT2D eigenvalue weighted by atomic mass is 16.5. The molecule has 1 atom stereocenters. The molecule has 0 saturated carbocycles. The van der Waals surface area contributed by atoms with Crippen LogP contribution in [-0.2, 0) is 9.47 Å². The molecule has 1 heterocycles. The van der Waals surface area contributed by atoms with Crippen molar-refractivity contribution in [3.8, 4) is 0 Å². The molecule has 3 heteroatoms. The summed E-state index contributed by atoms with van der Waals surface area (Å²) in [4.78, 5) is 0. The molecule has 0 aromatic rings. The van der Waals surface area contributed by atoms with Crippen LogP contribution < -0.4 is 0 Å². The molecule has 1 rings (SSSR count). The Morgan fingerprint density at radius 3 is 2.38 bits per heavy atom. The monoisotopic (exact) mass is 188 g/mol. The largest absolute Gasteiger partial charge is 0.384 e. The third-order valence-electron chi connectivity index (χ3n) is 2.72. The molecule has 1 aliphatic heterocycles. The Labute approximate surface area is 80.0 Å². The summed E-state index contributed by atoms with van der Waals surface area (Å²) >= 11 is 0. The van der Waals surface area contributed by atoms with E-state index in [0.29, 0.717) is 19.8 Å². The van der Waals surface area contributed by atoms with E-state index in [4.69, 9.17) is 9.47 Å². The molecular formula is C10H20O3. The van der Waals surface area contributed by atoms with E-state index in [2.05, 4.69) is 0 Å². The lowest BCUT2D eigenvalue weighted by Gasteiger charge is -2.34. The second-order valence-electron chi connectivity index (χ2n) is 4.77. The van der Waals surface area contributed by atoms with E-state index in [0.717, 1.165) is 0 Å². The smallest absolute Gasteiger partial charge is 0.118 e. The van der Waals surface area contributed by atoms with Crippen molar-refractivity contribution in [2.45, 2.75) is 39.4 Å². The summed E-state index contributed by atoms with van der Waals surface area (Å²) in [7, 11) is 0. The molecule has 0 aliphatic carbocycles. The van der Waals surface area contributed by atoms with Gasteiger partial charge in [0, 0.05) is 5.41 Å². The lowest BCUT2D eigenvalue weighted by atomic mass is 9.78. The highest BCUT2D eigenvalue weighted by molar-refractivity contribution is 4.97. The molecular weight excluding hydrogens is 168 g/mol. The van der Waals surface area contributed by atoms with Crippen molar-refractivity contribution in [2.75, 3.05) is 19.8 Å². The van der Waals surface area contributed by atoms with Crippen molar-refractivity contribution in [3.63, 3.8) is 0 Å². The lowest BCUT2D eigenvalue weighted by molar-refractivity contribution is -0.107. The average molecular weight is 188 g/mol. The van der Waals surface area contributed by atoms with Crippen LogP contribution in [-0.4, -0.2) is 36.6 Å². The molecule has 1 fully saturated rings. The molecule has 1 N–H and O–H groups in total. The highest BCUT2D eigenvalue weighted by Gasteiger charge is 2.49. The van der Waals surface area contributed by atoms with E-state index in [1.807, 2.05) is 27.7 Å². The third kappa shape index (κ3) is 2.22. The van der Waals surface area contributed by atoms with Crippen molar-refractivity contribution in [2.24, 2.45) is 5.41 Å². The van der Waals surface area contributed by atoms with Crippen LogP contribution in [0.15, 0.2) is 0 Å². The van der Waals surface area contributed by atoms with Crippen molar-refractivity contribution in [1.82, 2.24) is 0 Å². The van der Waals surface area contributed by atoms with Gasteiger partial charge in [-0.05, 0) is 13.8 Å². The van der Waals surface area contributed by atoms with E-state index >= 15 is 0 Å². The summed E-state index contributed by atoms with van der Waals surface area (Å²) in [6, 6.07) is 0. The topological polar surface area (TPSA) is 38.7 Å². The Balaban J connectivity index is 2.54. The Morgan fingerprint density at radius 1 is 1.38 bits per heavy atom. The molecule has 78 valence electrons. The summed E-state index contributed by atoms with van der Waals surface area (Å²) in [6.45, 7) is 9.28. The summed E-state index contributed by atoms with van der Waals surface area (Å²) < 4.78 is 10.7. The quantitative estimate of drug-likeness (QED) is 0.723. The van der Waals surface area contributed by atoms with Gasteiger partial charge in [-0.25, -0.2) is 0 Å². The number of ether oxygens (including phenoxy) is 2. The normalized spacial score (nSPS) is 32.8. The van der Waals surface area contributed by atoms with Gasteiger partial charge >= 0.3 is 0 Å². The second-order valence-corrected chi connectivity index (χ2v) is 4.77. The molecule has 0 spiro atoms. The standard InChI is InChI=1S/C10H20O3/c1-8(2)13-7-10(11)6-12-5-9(10,3)4/h8,11H,5-7H2,1-4H3. The average Bonchev–Trinajstić information content (AvgIpc) is 2.24. The van der Waals surface area contributed by atoms with Gasteiger partial charge < -0.3 is 14.6 Å². The number of rotatable bonds is 3. The molecule has 0 bridgehead atoms. The zero-order chi connectivity index (χ0) is 10.1. The van der Waals surface area contributed by atoms with E-state index < -0.39 is 5.60 Å². The first-order valence-electron chi connectivity index (χ1n) is 4.79. The van der Waals surface area contributed by atoms with Gasteiger partial charge in [-0.1, -0.05) is 13.8 Å². The number of aliphatic hydroxyl groups is 1. The van der Waals surface area contributed by atoms with Gasteiger partial charge in [-0.3, -0.25) is 0 Å². The minimum atomic E-state index is -0.822. The van der Waals surface area contributed by atoms with Gasteiger partial charge in [-0.15, -0.1) is 0 Å². The molecule has 13 heavy (non-hydrogen) atoms. The van der Waals surface area contributed by atoms with Gasteiger partial charge in [0.05, 0.1) is 25.9 Å². The molecule has 1 unspecified atom stereocenters. The van der Waals surface area contributed by atoms with E-state index in [1.165, 1.54) is 0 Å². The highest BCUT2D eigenvalue weighted by Crippen LogP contribution is 2.37. The first kappa shape index (κ1) is 11.0. The van der Waals surface area contributed by atoms with Crippen LogP contribution in [0.25, 0.3) is 0 Å². The number of hydrogen-bond acceptors (Lipinski definition) is 3. The van der Waals surface area contributed by atoms with Gasteiger partial charge in [0.15, 0.2) is 0 Å². The van der Waals surface area contributed by atoms with Crippen LogP contribution in [0, 0.1) is 5.41 Å². The Kier molecular flexibility index (Phi) is 3.00. The maximum atomic E-state index is 10.2. The molecule has 0 aromatic carbocycles. The minimum Gasteiger partial charge on any atom is -0.384 e. The van der Waals surface area contributed by atoms with Crippen LogP contribution in [0.2, 0.25) is 0 Å². The molecule has 3 nitrogen and oxygen atoms in total. The van der Waals surface area contributed by atoms with Crippen LogP contribution in [0.3, 0.4) is 0 Å². The Bertz CT molecular complexity index is 177. The maximum Gasteiger partial charge on any atom is 0.118 e. The van der Waals surface area contributed by atoms with Crippen molar-refractivity contribution in [1.29, 1.82) is 0 Å². The van der Waals surface area contributed by atoms with Gasteiger partial charge in [-0.2, -0.15) is 0 Å². The first-order valence-corrected chi connectivity index (χ1v) is 4.79. The predicted octanol–water partition coefficient (Wildman–Crippen LogP) is 1.20. The molecule has 0 radical (unpaired) electrons. The SMILES string of the molecule is CC(C)OCC1(O)COCC1(C)C. The van der Waals surface area contributed by atoms with Crippen molar-refractivity contribution in [3.05, 3.63) is 0 Å². The van der Waals surface area contributed by atoms with Crippen LogP contribution in [0.1, 0.15) is 27.7 Å². The second kappa shape index (κ2) is 3.56. The fraction of sp³-hybridized carbons (Fsp3) is 1.00. The summed E-state index contributed by atoms with van der Waals surface area (Å²) in [5.74, 6) is 0. The summed E-state index contributed by atoms with van der Waals surface area (Å²) in [5.41, 5.74) is -1.03. The zero-order valence-corrected chi connectivity index (χ0v) is 8.96. The summed E-state index contributed by atoms with van der Waals surface area (Å²) in [5, 5.41) is 10.2. The van der Waals surface area contributed by atoms with Gasteiger partial charge in [0.1, 0.15) is 5.60 Å². The molecule has 0 amide bonds. The molecule has 0 aromatic heterocycles. The van der Waals surface area contributed by atoms with Crippen LogP contribution in [0.4, 0.5) is 0 Å². The van der Waals surface area contributed by atoms with Crippen molar-refractivity contribution >= 4 is 0 Å². The maximum absolute atomic E-state index is 10.2. The van der Waals surface area contributed by atoms with E-state index in [9.17, 15) is 5.11 Å². The first-order chi connectivity index (χ1) is 5.87. The lowest BCUT2D eigenvalue weighted by Crippen LogP contribution is -2.48. The zero-order valence-electron chi connectivity index (χ0n) is 8.96. The Hall–Kier alpha value is -0.120. The fourth-order valence-corrected chi connectivity index (χ4v) is 1.35. The Morgan fingerprint density at radius 2 is 2.00 bits per heavy atom. The van der Waals surface area contributed by atoms with Gasteiger partial charge in [0.2, 0.25) is 0 Å². The van der Waals surface area contributed by atoms with Gasteiger partial charge in [0.25, 0.3) is 0 Å². The predicted molar refractivity (Wildman–Crippen MR) is 50.6 cm³/mol. The minimum absolute atomic E-state index is 0.153. The fourth-order valence-electron chi connectivity index (χ4n) is 1.35. The molecule has 1 aliphatic rings. The van der Waals surface area contributed by atoms with E-state index in [1.54, 1.807) is 0 Å². The van der Waals surface area contributed by atoms with E-state index in [-0.39, 0.29) is 11.5 Å². The summed E-state index contributed by atoms with van der Waals surface area (Å²) in [6.07, 6.45) is 0.153. The molecule has 1 saturated heterocycles. The van der Waals surface area contributed by atoms with Crippen LogP contribution in [0.5, 0.6) is 0 Å². The third-order valence-corrected chi connectivity index (χ3v) is 2.72. The number of hydrogen-bond donors (Lipinski definition) is 1. The van der Waals surface area contributed by atoms with Crippen molar-refractivity contribution < 1.29 is 14.6 Å².